The summed E-state index contributed by atoms with van der Waals surface area (Å²) in [5, 5.41) is 1.08. The number of pyridine rings is 1. The smallest absolute Gasteiger partial charge is 0.131 e. The highest BCUT2D eigenvalue weighted by atomic mass is 16.5. The predicted octanol–water partition coefficient (Wildman–Crippen LogP) is 3.17. The Morgan fingerprint density at radius 1 is 1.29 bits per heavy atom. The lowest BCUT2D eigenvalue weighted by Gasteiger charge is -2.12. The number of benzene rings is 1. The van der Waals surface area contributed by atoms with Crippen LogP contribution in [0.1, 0.15) is 11.1 Å². The van der Waals surface area contributed by atoms with E-state index < -0.39 is 0 Å². The zero-order valence-electron chi connectivity index (χ0n) is 10.3. The minimum absolute atomic E-state index is 0.590. The van der Waals surface area contributed by atoms with Crippen LogP contribution in [0.15, 0.2) is 31.0 Å². The van der Waals surface area contributed by atoms with Crippen LogP contribution in [0.25, 0.3) is 16.7 Å². The molecule has 0 saturated carbocycles. The van der Waals surface area contributed by atoms with E-state index in [9.17, 15) is 0 Å². The number of aryl methyl sites for hydroxylation is 1. The molecule has 0 fully saturated rings. The zero-order chi connectivity index (χ0) is 12.4. The number of fused-ring (bicyclic) bond motifs is 1. The number of hydrogen-bond acceptors (Lipinski definition) is 3. The molecule has 3 heteroatoms. The highest BCUT2D eigenvalue weighted by molar-refractivity contribution is 5.87. The third kappa shape index (κ3) is 1.96. The molecule has 0 bridgehead atoms. The van der Waals surface area contributed by atoms with Crippen molar-refractivity contribution < 1.29 is 9.47 Å². The number of rotatable bonds is 3. The van der Waals surface area contributed by atoms with Crippen molar-refractivity contribution in [3.05, 3.63) is 42.1 Å². The molecule has 0 aliphatic rings. The molecule has 0 N–H and O–H groups in total. The molecular weight excluding hydrogens is 214 g/mol. The summed E-state index contributed by atoms with van der Waals surface area (Å²) in [5.74, 6) is 1.31. The summed E-state index contributed by atoms with van der Waals surface area (Å²) in [5.41, 5.74) is 2.94. The minimum atomic E-state index is 0.590. The fraction of sp³-hybridized carbons (Fsp3) is 0.214. The van der Waals surface area contributed by atoms with Gasteiger partial charge < -0.3 is 9.47 Å². The molecule has 88 valence electrons. The number of hydrogen-bond donors (Lipinski definition) is 0. The quantitative estimate of drug-likeness (QED) is 0.757. The molecule has 0 radical (unpaired) electrons. The third-order valence-corrected chi connectivity index (χ3v) is 2.83. The van der Waals surface area contributed by atoms with Gasteiger partial charge in [-0.3, -0.25) is 4.98 Å². The molecule has 0 aliphatic heterocycles. The van der Waals surface area contributed by atoms with Crippen molar-refractivity contribution in [2.24, 2.45) is 0 Å². The lowest BCUT2D eigenvalue weighted by Crippen LogP contribution is -1.94. The second kappa shape index (κ2) is 4.45. The average molecular weight is 229 g/mol. The van der Waals surface area contributed by atoms with Crippen LogP contribution >= 0.6 is 0 Å². The molecule has 1 heterocycles. The van der Waals surface area contributed by atoms with Crippen molar-refractivity contribution in [1.82, 2.24) is 4.98 Å². The molecule has 17 heavy (non-hydrogen) atoms. The standard InChI is InChI=1S/C14H15NO2/c1-9-5-6-15-13-8-14(17-4)12(7-11(9)13)10(2)16-3/h5-8H,2H2,1,3-4H3. The van der Waals surface area contributed by atoms with Gasteiger partial charge in [-0.15, -0.1) is 0 Å². The first-order valence-corrected chi connectivity index (χ1v) is 5.34. The summed E-state index contributed by atoms with van der Waals surface area (Å²) in [7, 11) is 3.23. The van der Waals surface area contributed by atoms with Gasteiger partial charge in [0.15, 0.2) is 0 Å². The SMILES string of the molecule is C=C(OC)c1cc2c(C)ccnc2cc1OC. The summed E-state index contributed by atoms with van der Waals surface area (Å²) in [6.45, 7) is 5.92. The van der Waals surface area contributed by atoms with Crippen LogP contribution in [0.4, 0.5) is 0 Å². The Balaban J connectivity index is 2.74. The lowest BCUT2D eigenvalue weighted by atomic mass is 10.1. The van der Waals surface area contributed by atoms with Crippen LogP contribution < -0.4 is 4.74 Å². The van der Waals surface area contributed by atoms with E-state index in [1.807, 2.05) is 18.2 Å². The van der Waals surface area contributed by atoms with Crippen molar-refractivity contribution in [2.75, 3.05) is 14.2 Å². The summed E-state index contributed by atoms with van der Waals surface area (Å²) < 4.78 is 10.5. The van der Waals surface area contributed by atoms with Gasteiger partial charge in [-0.2, -0.15) is 0 Å². The van der Waals surface area contributed by atoms with Gasteiger partial charge in [0.1, 0.15) is 11.5 Å². The Bertz CT molecular complexity index is 576. The van der Waals surface area contributed by atoms with E-state index in [0.29, 0.717) is 5.76 Å². The second-order valence-electron chi connectivity index (χ2n) is 3.82. The Labute approximate surface area is 101 Å². The highest BCUT2D eigenvalue weighted by Gasteiger charge is 2.10. The van der Waals surface area contributed by atoms with E-state index in [0.717, 1.165) is 22.2 Å². The summed E-state index contributed by atoms with van der Waals surface area (Å²) in [6.07, 6.45) is 1.79. The molecule has 0 amide bonds. The number of methoxy groups -OCH3 is 2. The molecule has 0 saturated heterocycles. The molecule has 0 unspecified atom stereocenters. The molecular formula is C14H15NO2. The van der Waals surface area contributed by atoms with E-state index in [1.54, 1.807) is 20.4 Å². The molecule has 0 atom stereocenters. The fourth-order valence-corrected chi connectivity index (χ4v) is 1.81. The fourth-order valence-electron chi connectivity index (χ4n) is 1.81. The Morgan fingerprint density at radius 2 is 2.06 bits per heavy atom. The van der Waals surface area contributed by atoms with Gasteiger partial charge in [0, 0.05) is 17.6 Å². The lowest BCUT2D eigenvalue weighted by molar-refractivity contribution is 0.363. The van der Waals surface area contributed by atoms with Gasteiger partial charge in [-0.25, -0.2) is 0 Å². The maximum absolute atomic E-state index is 5.34. The monoisotopic (exact) mass is 229 g/mol. The van der Waals surface area contributed by atoms with Crippen LogP contribution in [0.5, 0.6) is 5.75 Å². The van der Waals surface area contributed by atoms with Crippen molar-refractivity contribution in [3.8, 4) is 5.75 Å². The van der Waals surface area contributed by atoms with Gasteiger partial charge in [0.2, 0.25) is 0 Å². The average Bonchev–Trinajstić information content (AvgIpc) is 2.37. The van der Waals surface area contributed by atoms with Crippen molar-refractivity contribution in [1.29, 1.82) is 0 Å². The molecule has 2 aromatic rings. The predicted molar refractivity (Wildman–Crippen MR) is 69.1 cm³/mol. The first-order valence-electron chi connectivity index (χ1n) is 5.34. The van der Waals surface area contributed by atoms with Gasteiger partial charge in [0.25, 0.3) is 0 Å². The first-order chi connectivity index (χ1) is 8.17. The third-order valence-electron chi connectivity index (χ3n) is 2.83. The van der Waals surface area contributed by atoms with E-state index in [-0.39, 0.29) is 0 Å². The van der Waals surface area contributed by atoms with E-state index >= 15 is 0 Å². The van der Waals surface area contributed by atoms with Crippen molar-refractivity contribution in [3.63, 3.8) is 0 Å². The Hall–Kier alpha value is -2.03. The molecule has 1 aromatic heterocycles. The number of nitrogens with zero attached hydrogens (tertiary/aromatic N) is 1. The van der Waals surface area contributed by atoms with Crippen LogP contribution in [0, 0.1) is 6.92 Å². The van der Waals surface area contributed by atoms with Gasteiger partial charge in [-0.05, 0) is 24.6 Å². The second-order valence-corrected chi connectivity index (χ2v) is 3.82. The summed E-state index contributed by atoms with van der Waals surface area (Å²) in [6, 6.07) is 5.89. The topological polar surface area (TPSA) is 31.4 Å². The highest BCUT2D eigenvalue weighted by Crippen LogP contribution is 2.30. The first kappa shape index (κ1) is 11.5. The van der Waals surface area contributed by atoms with Gasteiger partial charge >= 0.3 is 0 Å². The molecule has 0 aliphatic carbocycles. The number of ether oxygens (including phenoxy) is 2. The van der Waals surface area contributed by atoms with E-state index in [4.69, 9.17) is 9.47 Å². The van der Waals surface area contributed by atoms with Crippen molar-refractivity contribution >= 4 is 16.7 Å². The van der Waals surface area contributed by atoms with E-state index in [2.05, 4.69) is 18.5 Å². The van der Waals surface area contributed by atoms with Crippen LogP contribution in [-0.2, 0) is 4.74 Å². The van der Waals surface area contributed by atoms with Crippen LogP contribution in [-0.4, -0.2) is 19.2 Å². The minimum Gasteiger partial charge on any atom is -0.497 e. The van der Waals surface area contributed by atoms with Gasteiger partial charge in [-0.1, -0.05) is 6.58 Å². The van der Waals surface area contributed by atoms with Gasteiger partial charge in [0.05, 0.1) is 25.3 Å². The molecule has 0 spiro atoms. The normalized spacial score (nSPS) is 10.3. The van der Waals surface area contributed by atoms with Crippen LogP contribution in [0.2, 0.25) is 0 Å². The maximum atomic E-state index is 5.34. The number of aromatic nitrogens is 1. The largest absolute Gasteiger partial charge is 0.497 e. The Morgan fingerprint density at radius 3 is 2.71 bits per heavy atom. The summed E-state index contributed by atoms with van der Waals surface area (Å²) >= 11 is 0. The zero-order valence-corrected chi connectivity index (χ0v) is 10.3. The molecule has 2 rings (SSSR count). The summed E-state index contributed by atoms with van der Waals surface area (Å²) in [4.78, 5) is 4.33. The molecule has 3 nitrogen and oxygen atoms in total. The molecule has 1 aromatic carbocycles. The van der Waals surface area contributed by atoms with E-state index in [1.165, 1.54) is 5.56 Å². The Kier molecular flexibility index (Phi) is 3.00. The van der Waals surface area contributed by atoms with Crippen LogP contribution in [0.3, 0.4) is 0 Å². The maximum Gasteiger partial charge on any atom is 0.131 e. The van der Waals surface area contributed by atoms with Crippen molar-refractivity contribution in [2.45, 2.75) is 6.92 Å².